The fourth-order valence-corrected chi connectivity index (χ4v) is 6.89. The Bertz CT molecular complexity index is 1840. The van der Waals surface area contributed by atoms with Gasteiger partial charge in [-0.2, -0.15) is 4.98 Å². The number of aryl methyl sites for hydroxylation is 1. The molecule has 0 radical (unpaired) electrons. The largest absolute Gasteiger partial charge is 0.341 e. The van der Waals surface area contributed by atoms with Gasteiger partial charge in [-0.15, -0.1) is 0 Å². The van der Waals surface area contributed by atoms with Crippen LogP contribution >= 0.6 is 0 Å². The number of likely N-dealkylation sites (tertiary alicyclic amines) is 1. The number of aromatic nitrogens is 2. The Morgan fingerprint density at radius 1 is 0.896 bits per heavy atom. The zero-order valence-corrected chi connectivity index (χ0v) is 26.6. The molecule has 3 aliphatic heterocycles. The molecule has 3 aliphatic rings. The molecule has 0 aliphatic carbocycles. The summed E-state index contributed by atoms with van der Waals surface area (Å²) in [6.07, 6.45) is 5.52. The van der Waals surface area contributed by atoms with Crippen molar-refractivity contribution in [3.63, 3.8) is 0 Å². The van der Waals surface area contributed by atoms with E-state index >= 15 is 8.78 Å². The summed E-state index contributed by atoms with van der Waals surface area (Å²) in [5, 5.41) is 5.52. The van der Waals surface area contributed by atoms with Crippen molar-refractivity contribution >= 4 is 35.1 Å². The molecular formula is C36H36F3N7O2. The minimum Gasteiger partial charge on any atom is -0.341 e. The topological polar surface area (TPSA) is 93.7 Å². The predicted molar refractivity (Wildman–Crippen MR) is 178 cm³/mol. The summed E-state index contributed by atoms with van der Waals surface area (Å²) in [4.78, 5) is 42.1. The molecule has 3 amide bonds. The number of halogens is 3. The van der Waals surface area contributed by atoms with Crippen LogP contribution in [0, 0.1) is 24.4 Å². The lowest BCUT2D eigenvalue weighted by Crippen LogP contribution is -2.47. The summed E-state index contributed by atoms with van der Waals surface area (Å²) in [7, 11) is 0. The van der Waals surface area contributed by atoms with Crippen molar-refractivity contribution in [3.8, 4) is 11.3 Å². The van der Waals surface area contributed by atoms with Crippen molar-refractivity contribution in [1.29, 1.82) is 0 Å². The number of fused-ring (bicyclic) bond motifs is 1. The number of carbonyl (C=O) groups excluding carboxylic acids is 2. The number of anilines is 4. The number of nitrogens with zero attached hydrogens (tertiary/aromatic N) is 5. The molecule has 3 aromatic carbocycles. The molecule has 4 heterocycles. The molecule has 7 rings (SSSR count). The Hall–Kier alpha value is -4.97. The van der Waals surface area contributed by atoms with Crippen LogP contribution in [0.4, 0.5) is 41.1 Å². The fraction of sp³-hybridized carbons (Fsp3) is 0.333. The molecule has 0 spiro atoms. The van der Waals surface area contributed by atoms with Gasteiger partial charge in [-0.05, 0) is 99.8 Å². The van der Waals surface area contributed by atoms with Crippen molar-refractivity contribution in [2.45, 2.75) is 51.6 Å². The number of amides is 3. The smallest absolute Gasteiger partial charge is 0.328 e. The third-order valence-corrected chi connectivity index (χ3v) is 9.48. The summed E-state index contributed by atoms with van der Waals surface area (Å²) in [5.41, 5.74) is 2.54. The highest BCUT2D eigenvalue weighted by Gasteiger charge is 2.36. The van der Waals surface area contributed by atoms with E-state index in [1.54, 1.807) is 18.2 Å². The lowest BCUT2D eigenvalue weighted by atomic mass is 9.97. The minimum atomic E-state index is -0.905. The first-order valence-electron chi connectivity index (χ1n) is 16.4. The van der Waals surface area contributed by atoms with Gasteiger partial charge in [0.25, 0.3) is 5.91 Å². The molecule has 1 aromatic heterocycles. The summed E-state index contributed by atoms with van der Waals surface area (Å²) >= 11 is 0. The normalized spacial score (nSPS) is 17.2. The maximum absolute atomic E-state index is 15.2. The first-order chi connectivity index (χ1) is 23.3. The molecule has 2 fully saturated rings. The van der Waals surface area contributed by atoms with Crippen LogP contribution in [0.25, 0.3) is 11.3 Å². The van der Waals surface area contributed by atoms with Gasteiger partial charge < -0.3 is 20.4 Å². The van der Waals surface area contributed by atoms with Gasteiger partial charge in [0, 0.05) is 41.5 Å². The zero-order valence-electron chi connectivity index (χ0n) is 26.6. The Labute approximate surface area is 276 Å². The van der Waals surface area contributed by atoms with Gasteiger partial charge >= 0.3 is 6.03 Å². The molecule has 248 valence electrons. The van der Waals surface area contributed by atoms with Crippen LogP contribution in [0.15, 0.2) is 60.7 Å². The van der Waals surface area contributed by atoms with Crippen LogP contribution in [0.3, 0.4) is 0 Å². The van der Waals surface area contributed by atoms with Gasteiger partial charge in [0.2, 0.25) is 5.95 Å². The highest BCUT2D eigenvalue weighted by Crippen LogP contribution is 2.40. The average molecular weight is 656 g/mol. The summed E-state index contributed by atoms with van der Waals surface area (Å²) in [5.74, 6) is -2.20. The van der Waals surface area contributed by atoms with Crippen LogP contribution in [-0.4, -0.2) is 59.0 Å². The van der Waals surface area contributed by atoms with E-state index in [2.05, 4.69) is 20.4 Å². The van der Waals surface area contributed by atoms with Gasteiger partial charge in [-0.25, -0.2) is 27.8 Å². The number of carbonyl (C=O) groups is 2. The summed E-state index contributed by atoms with van der Waals surface area (Å²) < 4.78 is 43.9. The number of hydrogen-bond donors (Lipinski definition) is 2. The van der Waals surface area contributed by atoms with E-state index in [1.807, 2.05) is 6.92 Å². The summed E-state index contributed by atoms with van der Waals surface area (Å²) in [6, 6.07) is 13.8. The lowest BCUT2D eigenvalue weighted by molar-refractivity contribution is 0.102. The first kappa shape index (κ1) is 31.6. The van der Waals surface area contributed by atoms with Crippen LogP contribution in [0.1, 0.15) is 53.6 Å². The van der Waals surface area contributed by atoms with E-state index < -0.39 is 35.1 Å². The molecule has 0 saturated carbocycles. The van der Waals surface area contributed by atoms with Crippen LogP contribution in [0.2, 0.25) is 0 Å². The van der Waals surface area contributed by atoms with Gasteiger partial charge in [0.15, 0.2) is 5.82 Å². The zero-order chi connectivity index (χ0) is 33.4. The molecule has 2 saturated heterocycles. The van der Waals surface area contributed by atoms with Crippen molar-refractivity contribution < 1.29 is 22.8 Å². The number of benzene rings is 3. The Morgan fingerprint density at radius 3 is 2.31 bits per heavy atom. The molecule has 0 unspecified atom stereocenters. The Kier molecular flexibility index (Phi) is 8.74. The van der Waals surface area contributed by atoms with Gasteiger partial charge in [-0.1, -0.05) is 18.6 Å². The monoisotopic (exact) mass is 655 g/mol. The molecular weight excluding hydrogens is 619 g/mol. The number of para-hydroxylation sites is 1. The molecule has 4 aromatic rings. The van der Waals surface area contributed by atoms with Crippen molar-refractivity contribution in [1.82, 2.24) is 20.2 Å². The number of hydrogen-bond acceptors (Lipinski definition) is 6. The second-order valence-corrected chi connectivity index (χ2v) is 12.5. The number of rotatable bonds is 6. The highest BCUT2D eigenvalue weighted by molar-refractivity contribution is 6.05. The number of piperidine rings is 2. The third kappa shape index (κ3) is 6.19. The van der Waals surface area contributed by atoms with Gasteiger partial charge in [0.05, 0.1) is 12.2 Å². The Morgan fingerprint density at radius 2 is 1.60 bits per heavy atom. The van der Waals surface area contributed by atoms with Crippen LogP contribution in [-0.2, 0) is 6.54 Å². The molecule has 9 nitrogen and oxygen atoms in total. The van der Waals surface area contributed by atoms with Gasteiger partial charge in [-0.3, -0.25) is 4.79 Å². The predicted octanol–water partition coefficient (Wildman–Crippen LogP) is 6.94. The average Bonchev–Trinajstić information content (AvgIpc) is 3.10. The minimum absolute atomic E-state index is 0.0127. The first-order valence-corrected chi connectivity index (χ1v) is 16.4. The molecule has 12 heteroatoms. The van der Waals surface area contributed by atoms with E-state index in [0.29, 0.717) is 53.2 Å². The van der Waals surface area contributed by atoms with E-state index in [4.69, 9.17) is 9.97 Å². The molecule has 48 heavy (non-hydrogen) atoms. The van der Waals surface area contributed by atoms with E-state index in [-0.39, 0.29) is 12.4 Å². The van der Waals surface area contributed by atoms with E-state index in [0.717, 1.165) is 48.5 Å². The highest BCUT2D eigenvalue weighted by atomic mass is 19.1. The maximum atomic E-state index is 15.2. The molecule has 0 atom stereocenters. The number of urea groups is 1. The van der Waals surface area contributed by atoms with Crippen LogP contribution < -0.4 is 20.4 Å². The fourth-order valence-electron chi connectivity index (χ4n) is 6.89. The van der Waals surface area contributed by atoms with Gasteiger partial charge in [0.1, 0.15) is 23.1 Å². The molecule has 2 N–H and O–H groups in total. The van der Waals surface area contributed by atoms with Crippen LogP contribution in [0.5, 0.6) is 0 Å². The van der Waals surface area contributed by atoms with E-state index in [1.165, 1.54) is 49.6 Å². The quantitative estimate of drug-likeness (QED) is 0.234. The van der Waals surface area contributed by atoms with Crippen molar-refractivity contribution in [3.05, 3.63) is 94.8 Å². The maximum Gasteiger partial charge on any atom is 0.328 e. The second kappa shape index (κ2) is 13.3. The molecule has 0 bridgehead atoms. The standard InChI is InChI=1S/C36H36F3N7O2/c1-22-8-9-23(34(47)41-25-12-10-24(37)11-13-25)20-27(22)31-28-21-40-36(48)46(32-29(38)6-5-7-30(32)39)33(28)43-35(42-31)45-18-14-26(15-19-45)44-16-3-2-4-17-44/h5-13,20,26H,2-4,14-19,21H2,1H3,(H,40,48)(H,41,47). The SMILES string of the molecule is Cc1ccc(C(=O)Nc2ccc(F)cc2)cc1-c1nc(N2CCC(N3CCCCC3)CC2)nc2c1CNC(=O)N2c1c(F)cccc1F. The van der Waals surface area contributed by atoms with E-state index in [9.17, 15) is 14.0 Å². The lowest BCUT2D eigenvalue weighted by Gasteiger charge is -2.40. The third-order valence-electron chi connectivity index (χ3n) is 9.48. The second-order valence-electron chi connectivity index (χ2n) is 12.5. The summed E-state index contributed by atoms with van der Waals surface area (Å²) in [6.45, 7) is 5.46. The van der Waals surface area contributed by atoms with Crippen molar-refractivity contribution in [2.75, 3.05) is 41.3 Å². The van der Waals surface area contributed by atoms with Crippen molar-refractivity contribution in [2.24, 2.45) is 0 Å². The number of nitrogens with one attached hydrogen (secondary N) is 2. The Balaban J connectivity index is 1.30.